The van der Waals surface area contributed by atoms with E-state index in [1.807, 2.05) is 0 Å². The number of ether oxygens (including phenoxy) is 2. The van der Waals surface area contributed by atoms with Gasteiger partial charge >= 0.3 is 0 Å². The largest absolute Gasteiger partial charge is 0.477 e. The summed E-state index contributed by atoms with van der Waals surface area (Å²) < 4.78 is 24.0. The average molecular weight is 377 g/mol. The molecule has 0 saturated carbocycles. The van der Waals surface area contributed by atoms with Crippen LogP contribution in [-0.2, 0) is 4.79 Å². The SMILES string of the molecule is COc1nccnc1OC1CCCN(C(=O)CSc2ccc(F)cc2)C1. The second-order valence-corrected chi connectivity index (χ2v) is 6.88. The first-order valence-corrected chi connectivity index (χ1v) is 9.32. The third kappa shape index (κ3) is 4.85. The monoisotopic (exact) mass is 377 g/mol. The molecule has 1 aromatic heterocycles. The minimum absolute atomic E-state index is 0.0405. The van der Waals surface area contributed by atoms with E-state index in [4.69, 9.17) is 9.47 Å². The van der Waals surface area contributed by atoms with E-state index in [0.29, 0.717) is 30.6 Å². The Kier molecular flexibility index (Phi) is 6.27. The lowest BCUT2D eigenvalue weighted by molar-refractivity contribution is -0.130. The average Bonchev–Trinajstić information content (AvgIpc) is 2.68. The van der Waals surface area contributed by atoms with Gasteiger partial charge in [-0.05, 0) is 37.1 Å². The summed E-state index contributed by atoms with van der Waals surface area (Å²) >= 11 is 1.40. The summed E-state index contributed by atoms with van der Waals surface area (Å²) in [5.41, 5.74) is 0. The van der Waals surface area contributed by atoms with Gasteiger partial charge in [-0.15, -0.1) is 11.8 Å². The number of amides is 1. The number of hydrogen-bond donors (Lipinski definition) is 0. The summed E-state index contributed by atoms with van der Waals surface area (Å²) in [4.78, 5) is 23.4. The van der Waals surface area contributed by atoms with Gasteiger partial charge in [-0.25, -0.2) is 14.4 Å². The Morgan fingerprint density at radius 3 is 2.73 bits per heavy atom. The van der Waals surface area contributed by atoms with Gasteiger partial charge in [0, 0.05) is 23.8 Å². The van der Waals surface area contributed by atoms with Gasteiger partial charge < -0.3 is 14.4 Å². The van der Waals surface area contributed by atoms with Crippen LogP contribution in [0.1, 0.15) is 12.8 Å². The van der Waals surface area contributed by atoms with Crippen LogP contribution in [0.15, 0.2) is 41.6 Å². The Labute approximate surface area is 155 Å². The van der Waals surface area contributed by atoms with E-state index >= 15 is 0 Å². The van der Waals surface area contributed by atoms with Gasteiger partial charge in [-0.3, -0.25) is 4.79 Å². The highest BCUT2D eigenvalue weighted by Gasteiger charge is 2.26. The van der Waals surface area contributed by atoms with Crippen molar-refractivity contribution < 1.29 is 18.7 Å². The fourth-order valence-electron chi connectivity index (χ4n) is 2.72. The number of rotatable bonds is 6. The molecule has 1 aliphatic rings. The molecule has 138 valence electrons. The van der Waals surface area contributed by atoms with Crippen molar-refractivity contribution >= 4 is 17.7 Å². The molecule has 0 radical (unpaired) electrons. The van der Waals surface area contributed by atoms with Crippen molar-refractivity contribution in [3.05, 3.63) is 42.5 Å². The van der Waals surface area contributed by atoms with Gasteiger partial charge in [-0.2, -0.15) is 0 Å². The molecule has 8 heteroatoms. The van der Waals surface area contributed by atoms with Crippen LogP contribution in [-0.4, -0.2) is 52.8 Å². The molecule has 1 aliphatic heterocycles. The molecule has 6 nitrogen and oxygen atoms in total. The van der Waals surface area contributed by atoms with E-state index in [9.17, 15) is 9.18 Å². The number of likely N-dealkylation sites (tertiary alicyclic amines) is 1. The molecule has 1 unspecified atom stereocenters. The maximum absolute atomic E-state index is 12.9. The quantitative estimate of drug-likeness (QED) is 0.722. The predicted octanol–water partition coefficient (Wildman–Crippen LogP) is 2.79. The standard InChI is InChI=1S/C18H20FN3O3S/c1-24-17-18(21-9-8-20-17)25-14-3-2-10-22(11-14)16(23)12-26-15-6-4-13(19)5-7-15/h4-9,14H,2-3,10-12H2,1H3. The minimum atomic E-state index is -0.281. The lowest BCUT2D eigenvalue weighted by atomic mass is 10.1. The Morgan fingerprint density at radius 1 is 1.27 bits per heavy atom. The minimum Gasteiger partial charge on any atom is -0.477 e. The number of halogens is 1. The van der Waals surface area contributed by atoms with E-state index in [0.717, 1.165) is 17.7 Å². The molecular weight excluding hydrogens is 357 g/mol. The van der Waals surface area contributed by atoms with Crippen molar-refractivity contribution in [1.82, 2.24) is 14.9 Å². The molecule has 0 bridgehead atoms. The summed E-state index contributed by atoms with van der Waals surface area (Å²) in [5, 5.41) is 0. The van der Waals surface area contributed by atoms with Crippen LogP contribution >= 0.6 is 11.8 Å². The molecule has 0 spiro atoms. The highest BCUT2D eigenvalue weighted by molar-refractivity contribution is 8.00. The summed E-state index contributed by atoms with van der Waals surface area (Å²) in [5.74, 6) is 0.750. The van der Waals surface area contributed by atoms with E-state index in [-0.39, 0.29) is 17.8 Å². The number of carbonyl (C=O) groups excluding carboxylic acids is 1. The van der Waals surface area contributed by atoms with Crippen LogP contribution in [0.25, 0.3) is 0 Å². The van der Waals surface area contributed by atoms with E-state index in [1.165, 1.54) is 37.2 Å². The van der Waals surface area contributed by atoms with E-state index < -0.39 is 0 Å². The third-order valence-corrected chi connectivity index (χ3v) is 5.01. The first-order chi connectivity index (χ1) is 12.7. The smallest absolute Gasteiger partial charge is 0.278 e. The van der Waals surface area contributed by atoms with Gasteiger partial charge in [0.1, 0.15) is 11.9 Å². The van der Waals surface area contributed by atoms with Crippen molar-refractivity contribution in [3.63, 3.8) is 0 Å². The van der Waals surface area contributed by atoms with Gasteiger partial charge in [0.05, 0.1) is 19.4 Å². The van der Waals surface area contributed by atoms with Crippen molar-refractivity contribution in [3.8, 4) is 11.8 Å². The number of benzene rings is 1. The third-order valence-electron chi connectivity index (χ3n) is 4.01. The van der Waals surface area contributed by atoms with Gasteiger partial charge in [-0.1, -0.05) is 0 Å². The highest BCUT2D eigenvalue weighted by Crippen LogP contribution is 2.25. The van der Waals surface area contributed by atoms with Crippen molar-refractivity contribution in [2.24, 2.45) is 0 Å². The van der Waals surface area contributed by atoms with E-state index in [1.54, 1.807) is 23.2 Å². The summed E-state index contributed by atoms with van der Waals surface area (Å²) in [7, 11) is 1.51. The van der Waals surface area contributed by atoms with Crippen LogP contribution in [0.4, 0.5) is 4.39 Å². The molecule has 2 heterocycles. The zero-order chi connectivity index (χ0) is 18.4. The number of thioether (sulfide) groups is 1. The molecular formula is C18H20FN3O3S. The van der Waals surface area contributed by atoms with Crippen LogP contribution in [0.5, 0.6) is 11.8 Å². The summed E-state index contributed by atoms with van der Waals surface area (Å²) in [6.45, 7) is 1.21. The Morgan fingerprint density at radius 2 is 2.00 bits per heavy atom. The highest BCUT2D eigenvalue weighted by atomic mass is 32.2. The van der Waals surface area contributed by atoms with Crippen molar-refractivity contribution in [2.45, 2.75) is 23.8 Å². The number of hydrogen-bond acceptors (Lipinski definition) is 6. The molecule has 0 aliphatic carbocycles. The zero-order valence-electron chi connectivity index (χ0n) is 14.4. The Balaban J connectivity index is 1.54. The fraction of sp³-hybridized carbons (Fsp3) is 0.389. The fourth-order valence-corrected chi connectivity index (χ4v) is 3.52. The number of carbonyl (C=O) groups is 1. The maximum atomic E-state index is 12.9. The van der Waals surface area contributed by atoms with Crippen molar-refractivity contribution in [1.29, 1.82) is 0 Å². The first kappa shape index (κ1) is 18.4. The second-order valence-electron chi connectivity index (χ2n) is 5.84. The molecule has 1 aromatic carbocycles. The number of piperidine rings is 1. The second kappa shape index (κ2) is 8.84. The van der Waals surface area contributed by atoms with Crippen LogP contribution < -0.4 is 9.47 Å². The molecule has 1 saturated heterocycles. The Bertz CT molecular complexity index is 745. The Hall–Kier alpha value is -2.35. The molecule has 26 heavy (non-hydrogen) atoms. The number of aromatic nitrogens is 2. The van der Waals surface area contributed by atoms with Crippen LogP contribution in [0, 0.1) is 5.82 Å². The summed E-state index contributed by atoms with van der Waals surface area (Å²) in [6, 6.07) is 6.14. The molecule has 1 fully saturated rings. The summed E-state index contributed by atoms with van der Waals surface area (Å²) in [6.07, 6.45) is 4.64. The normalized spacial score (nSPS) is 17.0. The lowest BCUT2D eigenvalue weighted by Gasteiger charge is -2.32. The number of nitrogens with zero attached hydrogens (tertiary/aromatic N) is 3. The molecule has 2 aromatic rings. The van der Waals surface area contributed by atoms with Gasteiger partial charge in [0.25, 0.3) is 11.8 Å². The van der Waals surface area contributed by atoms with Crippen LogP contribution in [0.2, 0.25) is 0 Å². The molecule has 1 atom stereocenters. The topological polar surface area (TPSA) is 64.6 Å². The molecule has 3 rings (SSSR count). The number of methoxy groups -OCH3 is 1. The first-order valence-electron chi connectivity index (χ1n) is 8.33. The van der Waals surface area contributed by atoms with Gasteiger partial charge in [0.2, 0.25) is 5.91 Å². The van der Waals surface area contributed by atoms with Crippen molar-refractivity contribution in [2.75, 3.05) is 26.0 Å². The zero-order valence-corrected chi connectivity index (χ0v) is 15.2. The van der Waals surface area contributed by atoms with E-state index in [2.05, 4.69) is 9.97 Å². The predicted molar refractivity (Wildman–Crippen MR) is 95.9 cm³/mol. The molecule has 1 amide bonds. The lowest BCUT2D eigenvalue weighted by Crippen LogP contribution is -2.45. The van der Waals surface area contributed by atoms with Crippen LogP contribution in [0.3, 0.4) is 0 Å². The van der Waals surface area contributed by atoms with Gasteiger partial charge in [0.15, 0.2) is 0 Å². The molecule has 0 N–H and O–H groups in total. The maximum Gasteiger partial charge on any atom is 0.278 e.